The molecule has 2 aromatic rings. The molecular weight excluding hydrogens is 272 g/mol. The van der Waals surface area contributed by atoms with Gasteiger partial charge in [-0.05, 0) is 18.1 Å². The molecule has 0 aliphatic heterocycles. The molecule has 0 amide bonds. The first-order valence-electron chi connectivity index (χ1n) is 6.42. The summed E-state index contributed by atoms with van der Waals surface area (Å²) < 4.78 is 6.52. The molecule has 0 fully saturated rings. The van der Waals surface area contributed by atoms with E-state index in [-0.39, 0.29) is 24.5 Å². The monoisotopic (exact) mass is 288 g/mol. The van der Waals surface area contributed by atoms with Crippen LogP contribution in [0.3, 0.4) is 0 Å². The lowest BCUT2D eigenvalue weighted by atomic mass is 10.0. The van der Waals surface area contributed by atoms with Crippen LogP contribution in [0.15, 0.2) is 35.1 Å². The van der Waals surface area contributed by atoms with Crippen molar-refractivity contribution in [2.45, 2.75) is 19.9 Å². The smallest absolute Gasteiger partial charge is 0.307 e. The van der Waals surface area contributed by atoms with Crippen molar-refractivity contribution in [3.05, 3.63) is 57.5 Å². The predicted molar refractivity (Wildman–Crippen MR) is 76.7 cm³/mol. The molecule has 1 N–H and O–H groups in total. The first kappa shape index (κ1) is 14.8. The van der Waals surface area contributed by atoms with Crippen molar-refractivity contribution in [1.29, 1.82) is 0 Å². The summed E-state index contributed by atoms with van der Waals surface area (Å²) in [5, 5.41) is 8.94. The molecular formula is C15H16N2O4. The number of nitrogens with zero attached hydrogens (tertiary/aromatic N) is 2. The van der Waals surface area contributed by atoms with Crippen LogP contribution in [0.1, 0.15) is 16.8 Å². The van der Waals surface area contributed by atoms with Crippen LogP contribution < -0.4 is 10.3 Å². The van der Waals surface area contributed by atoms with E-state index in [0.717, 1.165) is 5.56 Å². The van der Waals surface area contributed by atoms with E-state index in [2.05, 4.69) is 4.98 Å². The molecule has 1 aromatic heterocycles. The third kappa shape index (κ3) is 3.47. The summed E-state index contributed by atoms with van der Waals surface area (Å²) in [5.41, 5.74) is 1.77. The van der Waals surface area contributed by atoms with Gasteiger partial charge in [0.1, 0.15) is 0 Å². The van der Waals surface area contributed by atoms with Crippen LogP contribution in [0.4, 0.5) is 0 Å². The van der Waals surface area contributed by atoms with Gasteiger partial charge in [-0.2, -0.15) is 0 Å². The number of aliphatic carboxylic acids is 1. The number of hydrogen-bond acceptors (Lipinski definition) is 4. The van der Waals surface area contributed by atoms with E-state index in [1.54, 1.807) is 31.2 Å². The number of hydrogen-bond donors (Lipinski definition) is 1. The third-order valence-corrected chi connectivity index (χ3v) is 3.07. The maximum absolute atomic E-state index is 12.1. The fourth-order valence-corrected chi connectivity index (χ4v) is 2.11. The van der Waals surface area contributed by atoms with Crippen molar-refractivity contribution < 1.29 is 14.6 Å². The summed E-state index contributed by atoms with van der Waals surface area (Å²) in [6.07, 6.45) is -0.0907. The van der Waals surface area contributed by atoms with Crippen molar-refractivity contribution >= 4 is 5.97 Å². The summed E-state index contributed by atoms with van der Waals surface area (Å²) >= 11 is 0. The van der Waals surface area contributed by atoms with Crippen molar-refractivity contribution in [2.75, 3.05) is 7.11 Å². The fourth-order valence-electron chi connectivity index (χ4n) is 2.11. The molecule has 0 unspecified atom stereocenters. The van der Waals surface area contributed by atoms with E-state index in [0.29, 0.717) is 11.3 Å². The number of rotatable bonds is 5. The highest BCUT2D eigenvalue weighted by atomic mass is 16.5. The lowest BCUT2D eigenvalue weighted by Crippen LogP contribution is -2.24. The van der Waals surface area contributed by atoms with E-state index in [9.17, 15) is 9.59 Å². The van der Waals surface area contributed by atoms with Crippen molar-refractivity contribution in [1.82, 2.24) is 9.55 Å². The van der Waals surface area contributed by atoms with Crippen molar-refractivity contribution in [3.8, 4) is 6.01 Å². The zero-order chi connectivity index (χ0) is 15.4. The Morgan fingerprint density at radius 3 is 2.62 bits per heavy atom. The number of carboxylic acid groups (broad SMARTS) is 1. The van der Waals surface area contributed by atoms with Gasteiger partial charge in [0.25, 0.3) is 11.6 Å². The molecule has 0 saturated heterocycles. The molecule has 0 aliphatic carbocycles. The SMILES string of the molecule is COc1nc(C)cc(=O)n1Cc1ccccc1CC(=O)O. The largest absolute Gasteiger partial charge is 0.481 e. The summed E-state index contributed by atoms with van der Waals surface area (Å²) in [4.78, 5) is 27.2. The molecule has 0 bridgehead atoms. The van der Waals surface area contributed by atoms with Crippen molar-refractivity contribution in [2.24, 2.45) is 0 Å². The first-order chi connectivity index (χ1) is 10.0. The lowest BCUT2D eigenvalue weighted by molar-refractivity contribution is -0.136. The molecule has 2 rings (SSSR count). The number of ether oxygens (including phenoxy) is 1. The van der Waals surface area contributed by atoms with E-state index < -0.39 is 5.97 Å². The van der Waals surface area contributed by atoms with E-state index in [4.69, 9.17) is 9.84 Å². The van der Waals surface area contributed by atoms with Crippen LogP contribution >= 0.6 is 0 Å². The van der Waals surface area contributed by atoms with Gasteiger partial charge in [0, 0.05) is 11.8 Å². The van der Waals surface area contributed by atoms with Gasteiger partial charge in [-0.1, -0.05) is 24.3 Å². The first-order valence-corrected chi connectivity index (χ1v) is 6.42. The van der Waals surface area contributed by atoms with Gasteiger partial charge in [-0.25, -0.2) is 4.98 Å². The Morgan fingerprint density at radius 2 is 2.00 bits per heavy atom. The quantitative estimate of drug-likeness (QED) is 0.895. The second-order valence-electron chi connectivity index (χ2n) is 4.65. The molecule has 0 radical (unpaired) electrons. The van der Waals surface area contributed by atoms with E-state index in [1.165, 1.54) is 17.7 Å². The third-order valence-electron chi connectivity index (χ3n) is 3.07. The number of carboxylic acids is 1. The molecule has 0 spiro atoms. The van der Waals surface area contributed by atoms with Gasteiger partial charge in [-0.3, -0.25) is 14.2 Å². The van der Waals surface area contributed by atoms with Gasteiger partial charge in [0.2, 0.25) is 0 Å². The van der Waals surface area contributed by atoms with Gasteiger partial charge in [0.05, 0.1) is 20.1 Å². The highest BCUT2D eigenvalue weighted by Crippen LogP contribution is 2.14. The van der Waals surface area contributed by atoms with E-state index >= 15 is 0 Å². The van der Waals surface area contributed by atoms with Crippen LogP contribution in [0.5, 0.6) is 6.01 Å². The van der Waals surface area contributed by atoms with Crippen LogP contribution in [0.25, 0.3) is 0 Å². The Hall–Kier alpha value is -2.63. The molecule has 0 aliphatic rings. The number of methoxy groups -OCH3 is 1. The minimum atomic E-state index is -0.913. The number of aryl methyl sites for hydroxylation is 1. The predicted octanol–water partition coefficient (Wildman–Crippen LogP) is 1.24. The second-order valence-corrected chi connectivity index (χ2v) is 4.65. The average Bonchev–Trinajstić information content (AvgIpc) is 2.42. The standard InChI is InChI=1S/C15H16N2O4/c1-10-7-13(18)17(15(16-10)21-2)9-12-6-4-3-5-11(12)8-14(19)20/h3-7H,8-9H2,1-2H3,(H,19,20). The Morgan fingerprint density at radius 1 is 1.33 bits per heavy atom. The maximum Gasteiger partial charge on any atom is 0.307 e. The highest BCUT2D eigenvalue weighted by molar-refractivity contribution is 5.70. The Kier molecular flexibility index (Phi) is 4.37. The number of carbonyl (C=O) groups is 1. The van der Waals surface area contributed by atoms with Gasteiger partial charge in [0.15, 0.2) is 0 Å². The zero-order valence-electron chi connectivity index (χ0n) is 11.9. The Balaban J connectivity index is 2.43. The van der Waals surface area contributed by atoms with Gasteiger partial charge in [-0.15, -0.1) is 0 Å². The minimum absolute atomic E-state index is 0.0907. The number of benzene rings is 1. The van der Waals surface area contributed by atoms with Crippen LogP contribution in [-0.4, -0.2) is 27.7 Å². The zero-order valence-corrected chi connectivity index (χ0v) is 11.9. The molecule has 0 atom stereocenters. The highest BCUT2D eigenvalue weighted by Gasteiger charge is 2.11. The molecule has 21 heavy (non-hydrogen) atoms. The van der Waals surface area contributed by atoms with Gasteiger partial charge < -0.3 is 9.84 Å². The maximum atomic E-state index is 12.1. The molecule has 1 heterocycles. The normalized spacial score (nSPS) is 10.4. The second kappa shape index (κ2) is 6.21. The van der Waals surface area contributed by atoms with Crippen LogP contribution in [-0.2, 0) is 17.8 Å². The average molecular weight is 288 g/mol. The Bertz CT molecular complexity index is 722. The molecule has 6 heteroatoms. The molecule has 0 saturated carbocycles. The van der Waals surface area contributed by atoms with E-state index in [1.807, 2.05) is 0 Å². The lowest BCUT2D eigenvalue weighted by Gasteiger charge is -2.13. The van der Waals surface area contributed by atoms with Gasteiger partial charge >= 0.3 is 5.97 Å². The minimum Gasteiger partial charge on any atom is -0.481 e. The Labute approximate surface area is 121 Å². The summed E-state index contributed by atoms with van der Waals surface area (Å²) in [7, 11) is 1.45. The summed E-state index contributed by atoms with van der Waals surface area (Å²) in [6.45, 7) is 1.94. The molecule has 1 aromatic carbocycles. The van der Waals surface area contributed by atoms with Crippen LogP contribution in [0, 0.1) is 6.92 Å². The topological polar surface area (TPSA) is 81.4 Å². The molecule has 6 nitrogen and oxygen atoms in total. The van der Waals surface area contributed by atoms with Crippen molar-refractivity contribution in [3.63, 3.8) is 0 Å². The summed E-state index contributed by atoms with van der Waals surface area (Å²) in [6, 6.07) is 8.74. The fraction of sp³-hybridized carbons (Fsp3) is 0.267. The van der Waals surface area contributed by atoms with Crippen LogP contribution in [0.2, 0.25) is 0 Å². The summed E-state index contributed by atoms with van der Waals surface area (Å²) in [5.74, 6) is -0.913. The number of aromatic nitrogens is 2. The molecule has 110 valence electrons.